The van der Waals surface area contributed by atoms with Crippen molar-refractivity contribution < 1.29 is 19.0 Å². The minimum absolute atomic E-state index is 0.140. The zero-order chi connectivity index (χ0) is 20.3. The highest BCUT2D eigenvalue weighted by Gasteiger charge is 2.17. The van der Waals surface area contributed by atoms with Crippen LogP contribution in [0, 0.1) is 0 Å². The van der Waals surface area contributed by atoms with Crippen LogP contribution in [-0.4, -0.2) is 35.4 Å². The monoisotopic (exact) mass is 407 g/mol. The molecule has 1 fully saturated rings. The summed E-state index contributed by atoms with van der Waals surface area (Å²) in [6.07, 6.45) is 6.44. The number of carbonyl (C=O) groups is 1. The Morgan fingerprint density at radius 3 is 2.77 bits per heavy atom. The van der Waals surface area contributed by atoms with Gasteiger partial charge in [-0.25, -0.2) is 0 Å². The van der Waals surface area contributed by atoms with E-state index in [1.165, 1.54) is 19.3 Å². The molecule has 2 aliphatic rings. The average molecular weight is 407 g/mol. The van der Waals surface area contributed by atoms with Crippen LogP contribution in [0.1, 0.15) is 37.7 Å². The highest BCUT2D eigenvalue weighted by Crippen LogP contribution is 2.31. The summed E-state index contributed by atoms with van der Waals surface area (Å²) in [5.74, 6) is 2.59. The van der Waals surface area contributed by atoms with E-state index in [1.54, 1.807) is 0 Å². The van der Waals surface area contributed by atoms with E-state index in [1.807, 2.05) is 36.4 Å². The van der Waals surface area contributed by atoms with E-state index in [4.69, 9.17) is 14.2 Å². The maximum atomic E-state index is 12.6. The van der Waals surface area contributed by atoms with Gasteiger partial charge in [0, 0.05) is 5.39 Å². The average Bonchev–Trinajstić information content (AvgIpc) is 3.16. The highest BCUT2D eigenvalue weighted by atomic mass is 16.6. The number of benzene rings is 2. The van der Waals surface area contributed by atoms with Crippen molar-refractivity contribution >= 4 is 22.6 Å². The van der Waals surface area contributed by atoms with Gasteiger partial charge < -0.3 is 19.5 Å². The van der Waals surface area contributed by atoms with Gasteiger partial charge in [0.2, 0.25) is 5.91 Å². The van der Waals surface area contributed by atoms with E-state index in [-0.39, 0.29) is 18.4 Å². The number of nitrogens with zero attached hydrogens (tertiary/aromatic N) is 1. The number of hydrogen-bond donors (Lipinski definition) is 2. The summed E-state index contributed by atoms with van der Waals surface area (Å²) in [6.45, 7) is 1.07. The van der Waals surface area contributed by atoms with E-state index < -0.39 is 0 Å². The summed E-state index contributed by atoms with van der Waals surface area (Å²) in [7, 11) is 0. The van der Waals surface area contributed by atoms with Crippen LogP contribution < -0.4 is 19.5 Å². The van der Waals surface area contributed by atoms with Gasteiger partial charge in [0.1, 0.15) is 19.0 Å². The molecule has 1 aliphatic carbocycles. The van der Waals surface area contributed by atoms with Gasteiger partial charge in [0.05, 0.1) is 18.0 Å². The van der Waals surface area contributed by atoms with Crippen LogP contribution in [0.3, 0.4) is 0 Å². The number of ether oxygens (including phenoxy) is 3. The van der Waals surface area contributed by atoms with Crippen molar-refractivity contribution in [2.45, 2.75) is 44.6 Å². The van der Waals surface area contributed by atoms with Crippen LogP contribution in [0.25, 0.3) is 10.9 Å². The van der Waals surface area contributed by atoms with Crippen molar-refractivity contribution in [2.75, 3.05) is 18.5 Å². The fourth-order valence-electron chi connectivity index (χ4n) is 4.10. The third-order valence-corrected chi connectivity index (χ3v) is 5.62. The van der Waals surface area contributed by atoms with Crippen LogP contribution in [-0.2, 0) is 11.2 Å². The van der Waals surface area contributed by atoms with Crippen molar-refractivity contribution in [1.82, 2.24) is 10.2 Å². The third kappa shape index (κ3) is 4.06. The zero-order valence-corrected chi connectivity index (χ0v) is 16.8. The smallest absolute Gasteiger partial charge is 0.230 e. The molecule has 3 aromatic rings. The lowest BCUT2D eigenvalue weighted by atomic mass is 9.98. The molecule has 2 aromatic carbocycles. The Kier molecular flexibility index (Phi) is 5.17. The number of amides is 1. The number of anilines is 1. The first-order valence-electron chi connectivity index (χ1n) is 10.6. The molecule has 0 bridgehead atoms. The molecule has 0 spiro atoms. The number of H-pyrrole nitrogens is 1. The number of rotatable bonds is 5. The zero-order valence-electron chi connectivity index (χ0n) is 16.8. The largest absolute Gasteiger partial charge is 0.490 e. The maximum absolute atomic E-state index is 12.6. The first-order valence-corrected chi connectivity index (χ1v) is 10.6. The molecular formula is C23H25N3O4. The topological polar surface area (TPSA) is 85.5 Å². The summed E-state index contributed by atoms with van der Waals surface area (Å²) in [4.78, 5) is 12.6. The lowest BCUT2D eigenvalue weighted by molar-refractivity contribution is -0.115. The fourth-order valence-corrected chi connectivity index (χ4v) is 4.10. The molecule has 2 N–H and O–H groups in total. The molecule has 1 aliphatic heterocycles. The highest BCUT2D eigenvalue weighted by molar-refractivity contribution is 6.00. The summed E-state index contributed by atoms with van der Waals surface area (Å²) in [5.41, 5.74) is 1.72. The van der Waals surface area contributed by atoms with Gasteiger partial charge in [-0.15, -0.1) is 0 Å². The molecule has 0 atom stereocenters. The Bertz CT molecular complexity index is 1060. The van der Waals surface area contributed by atoms with Gasteiger partial charge in [-0.1, -0.05) is 12.5 Å². The molecule has 30 heavy (non-hydrogen) atoms. The Morgan fingerprint density at radius 1 is 1.07 bits per heavy atom. The predicted molar refractivity (Wildman–Crippen MR) is 113 cm³/mol. The van der Waals surface area contributed by atoms with Gasteiger partial charge >= 0.3 is 0 Å². The van der Waals surface area contributed by atoms with Gasteiger partial charge in [-0.05, 0) is 61.6 Å². The van der Waals surface area contributed by atoms with Crippen molar-refractivity contribution in [3.8, 4) is 17.2 Å². The lowest BCUT2D eigenvalue weighted by Gasteiger charge is -2.23. The minimum atomic E-state index is -0.140. The molecule has 1 amide bonds. The lowest BCUT2D eigenvalue weighted by Crippen LogP contribution is -2.19. The number of aromatic amines is 1. The number of fused-ring (bicyclic) bond motifs is 2. The molecule has 2 heterocycles. The Morgan fingerprint density at radius 2 is 1.90 bits per heavy atom. The first kappa shape index (κ1) is 18.8. The van der Waals surface area contributed by atoms with Crippen molar-refractivity contribution in [2.24, 2.45) is 0 Å². The molecular weight excluding hydrogens is 382 g/mol. The van der Waals surface area contributed by atoms with E-state index >= 15 is 0 Å². The van der Waals surface area contributed by atoms with Gasteiger partial charge in [0.25, 0.3) is 0 Å². The van der Waals surface area contributed by atoms with Crippen LogP contribution in [0.15, 0.2) is 36.4 Å². The quantitative estimate of drug-likeness (QED) is 0.661. The van der Waals surface area contributed by atoms with Crippen LogP contribution in [0.2, 0.25) is 0 Å². The molecule has 0 unspecified atom stereocenters. The predicted octanol–water partition coefficient (Wildman–Crippen LogP) is 4.23. The SMILES string of the molecule is O=C(Cc1ccc2c(c1)OCCO2)Nc1n[nH]c2ccc(OC3CCCCC3)cc12. The Hall–Kier alpha value is -3.22. The van der Waals surface area contributed by atoms with Crippen LogP contribution in [0.4, 0.5) is 5.82 Å². The fraction of sp³-hybridized carbons (Fsp3) is 0.391. The molecule has 1 saturated carbocycles. The number of hydrogen-bond acceptors (Lipinski definition) is 5. The minimum Gasteiger partial charge on any atom is -0.490 e. The second-order valence-corrected chi connectivity index (χ2v) is 7.86. The number of aromatic nitrogens is 2. The summed E-state index contributed by atoms with van der Waals surface area (Å²) >= 11 is 0. The summed E-state index contributed by atoms with van der Waals surface area (Å²) in [6, 6.07) is 11.4. The van der Waals surface area contributed by atoms with Gasteiger partial charge in [-0.2, -0.15) is 5.10 Å². The first-order chi connectivity index (χ1) is 14.7. The second kappa shape index (κ2) is 8.26. The van der Waals surface area contributed by atoms with Crippen molar-refractivity contribution in [3.63, 3.8) is 0 Å². The van der Waals surface area contributed by atoms with E-state index in [0.717, 1.165) is 35.1 Å². The summed E-state index contributed by atoms with van der Waals surface area (Å²) < 4.78 is 17.3. The van der Waals surface area contributed by atoms with Crippen molar-refractivity contribution in [3.05, 3.63) is 42.0 Å². The third-order valence-electron chi connectivity index (χ3n) is 5.62. The Balaban J connectivity index is 1.28. The Labute approximate surface area is 174 Å². The van der Waals surface area contributed by atoms with Gasteiger partial charge in [0.15, 0.2) is 17.3 Å². The van der Waals surface area contributed by atoms with Crippen LogP contribution >= 0.6 is 0 Å². The molecule has 0 radical (unpaired) electrons. The van der Waals surface area contributed by atoms with Gasteiger partial charge in [-0.3, -0.25) is 9.89 Å². The van der Waals surface area contributed by atoms with E-state index in [9.17, 15) is 4.79 Å². The molecule has 156 valence electrons. The maximum Gasteiger partial charge on any atom is 0.230 e. The normalized spacial score (nSPS) is 16.4. The van der Waals surface area contributed by atoms with Crippen molar-refractivity contribution in [1.29, 1.82) is 0 Å². The second-order valence-electron chi connectivity index (χ2n) is 7.86. The van der Waals surface area contributed by atoms with Crippen LogP contribution in [0.5, 0.6) is 17.2 Å². The molecule has 0 saturated heterocycles. The summed E-state index contributed by atoms with van der Waals surface area (Å²) in [5, 5.41) is 11.0. The molecule has 7 nitrogen and oxygen atoms in total. The molecule has 5 rings (SSSR count). The number of nitrogens with one attached hydrogen (secondary N) is 2. The van der Waals surface area contributed by atoms with E-state index in [0.29, 0.717) is 30.5 Å². The van der Waals surface area contributed by atoms with E-state index in [2.05, 4.69) is 15.5 Å². The molecule has 7 heteroatoms. The molecule has 1 aromatic heterocycles. The standard InChI is InChI=1S/C23H25N3O4/c27-22(13-15-6-9-20-21(12-15)29-11-10-28-20)24-23-18-14-17(7-8-19(18)25-26-23)30-16-4-2-1-3-5-16/h6-9,12,14,16H,1-5,10-11,13H2,(H2,24,25,26,27). The number of carbonyl (C=O) groups excluding carboxylic acids is 1.